The molecule has 5 amide bonds. The lowest BCUT2D eigenvalue weighted by molar-refractivity contribution is -0.144. The summed E-state index contributed by atoms with van der Waals surface area (Å²) in [5, 5.41) is 11.3. The van der Waals surface area contributed by atoms with Gasteiger partial charge in [0.05, 0.1) is 11.5 Å². The molecule has 6 rings (SSSR count). The van der Waals surface area contributed by atoms with Crippen LogP contribution in [0.2, 0.25) is 0 Å². The number of ketones is 1. The number of benzene rings is 1. The monoisotopic (exact) mass is 619 g/mol. The molecule has 5 fully saturated rings. The van der Waals surface area contributed by atoms with Gasteiger partial charge in [0.25, 0.3) is 5.91 Å². The van der Waals surface area contributed by atoms with Crippen molar-refractivity contribution in [2.45, 2.75) is 102 Å². The van der Waals surface area contributed by atoms with Crippen molar-refractivity contribution >= 4 is 35.3 Å². The molecule has 5 atom stereocenters. The Morgan fingerprint density at radius 3 is 2.27 bits per heavy atom. The predicted molar refractivity (Wildman–Crippen MR) is 164 cm³/mol. The fourth-order valence-corrected chi connectivity index (χ4v) is 7.65. The minimum Gasteiger partial charge on any atom is -0.356 e. The van der Waals surface area contributed by atoms with E-state index < -0.39 is 41.6 Å². The van der Waals surface area contributed by atoms with Crippen LogP contribution in [-0.2, 0) is 28.8 Å². The summed E-state index contributed by atoms with van der Waals surface area (Å²) in [6.07, 6.45) is 6.26. The van der Waals surface area contributed by atoms with Crippen molar-refractivity contribution in [1.82, 2.24) is 26.2 Å². The maximum atomic E-state index is 14.4. The summed E-state index contributed by atoms with van der Waals surface area (Å²) in [7, 11) is 0. The highest BCUT2D eigenvalue weighted by Crippen LogP contribution is 2.75. The number of nitrogens with one attached hydrogen (secondary N) is 4. The van der Waals surface area contributed by atoms with Gasteiger partial charge in [-0.3, -0.25) is 28.8 Å². The van der Waals surface area contributed by atoms with E-state index in [0.717, 1.165) is 44.1 Å². The van der Waals surface area contributed by atoms with Gasteiger partial charge in [-0.05, 0) is 76.2 Å². The molecule has 5 unspecified atom stereocenters. The maximum Gasteiger partial charge on any atom is 0.289 e. The van der Waals surface area contributed by atoms with Crippen LogP contribution < -0.4 is 21.3 Å². The van der Waals surface area contributed by atoms with E-state index >= 15 is 0 Å². The van der Waals surface area contributed by atoms with E-state index in [0.29, 0.717) is 31.8 Å². The number of fused-ring (bicyclic) bond motifs is 1. The van der Waals surface area contributed by atoms with Crippen LogP contribution in [0, 0.1) is 23.2 Å². The van der Waals surface area contributed by atoms with Gasteiger partial charge in [0, 0.05) is 31.0 Å². The molecule has 3 aliphatic carbocycles. The molecule has 5 aliphatic rings. The van der Waals surface area contributed by atoms with E-state index in [1.165, 1.54) is 0 Å². The number of nitrogens with zero attached hydrogens (tertiary/aromatic N) is 1. The van der Waals surface area contributed by atoms with Crippen LogP contribution in [0.1, 0.15) is 83.1 Å². The Morgan fingerprint density at radius 2 is 1.67 bits per heavy atom. The van der Waals surface area contributed by atoms with Crippen molar-refractivity contribution in [3.8, 4) is 0 Å². The van der Waals surface area contributed by atoms with Crippen LogP contribution in [0.5, 0.6) is 0 Å². The molecule has 3 saturated carbocycles. The van der Waals surface area contributed by atoms with Crippen LogP contribution in [0.15, 0.2) is 30.3 Å². The normalized spacial score (nSPS) is 29.8. The van der Waals surface area contributed by atoms with E-state index in [1.54, 1.807) is 18.7 Å². The van der Waals surface area contributed by atoms with Gasteiger partial charge in [0.1, 0.15) is 12.1 Å². The molecule has 0 aromatic heterocycles. The Balaban J connectivity index is 1.25. The van der Waals surface area contributed by atoms with Crippen LogP contribution in [0.4, 0.5) is 0 Å². The lowest BCUT2D eigenvalue weighted by Gasteiger charge is -2.32. The molecule has 4 N–H and O–H groups in total. The number of amides is 5. The average Bonchev–Trinajstić information content (AvgIpc) is 3.56. The van der Waals surface area contributed by atoms with Gasteiger partial charge in [-0.25, -0.2) is 0 Å². The zero-order valence-corrected chi connectivity index (χ0v) is 26.2. The second-order valence-corrected chi connectivity index (χ2v) is 14.2. The molecule has 2 heterocycles. The minimum atomic E-state index is -1.22. The van der Waals surface area contributed by atoms with Gasteiger partial charge in [0.15, 0.2) is 0 Å². The molecule has 242 valence electrons. The topological polar surface area (TPSA) is 154 Å². The van der Waals surface area contributed by atoms with Gasteiger partial charge in [-0.2, -0.15) is 0 Å². The zero-order valence-electron chi connectivity index (χ0n) is 26.2. The van der Waals surface area contributed by atoms with Gasteiger partial charge < -0.3 is 26.2 Å². The van der Waals surface area contributed by atoms with Crippen molar-refractivity contribution in [2.75, 3.05) is 13.1 Å². The molecule has 0 spiro atoms. The highest BCUT2D eigenvalue weighted by molar-refractivity contribution is 6.38. The summed E-state index contributed by atoms with van der Waals surface area (Å²) in [6.45, 7) is 4.24. The first-order valence-electron chi connectivity index (χ1n) is 16.7. The SMILES string of the molecule is CC(C)NC(=O)C(=O)C(CC1CCNC1=O)NC(=O)C1CC(c2ccccc2)CN1C(=O)C(NC(=O)C12CC1C2)C1CCCC1. The Morgan fingerprint density at radius 1 is 0.978 bits per heavy atom. The number of Topliss-reactive ketones (excluding diaryl/α,β-unsaturated/α-hetero) is 1. The zero-order chi connectivity index (χ0) is 31.9. The van der Waals surface area contributed by atoms with E-state index in [-0.39, 0.29) is 47.4 Å². The summed E-state index contributed by atoms with van der Waals surface area (Å²) in [5.74, 6) is -2.89. The summed E-state index contributed by atoms with van der Waals surface area (Å²) in [6, 6.07) is 6.59. The smallest absolute Gasteiger partial charge is 0.289 e. The molecule has 1 aromatic carbocycles. The lowest BCUT2D eigenvalue weighted by atomic mass is 9.94. The summed E-state index contributed by atoms with van der Waals surface area (Å²) >= 11 is 0. The first-order valence-corrected chi connectivity index (χ1v) is 16.7. The van der Waals surface area contributed by atoms with Crippen LogP contribution in [0.3, 0.4) is 0 Å². The molecule has 11 heteroatoms. The minimum absolute atomic E-state index is 0.00298. The Bertz CT molecular complexity index is 1350. The summed E-state index contributed by atoms with van der Waals surface area (Å²) in [5.41, 5.74) is 0.707. The summed E-state index contributed by atoms with van der Waals surface area (Å²) in [4.78, 5) is 81.9. The lowest BCUT2D eigenvalue weighted by Crippen LogP contribution is -2.58. The predicted octanol–water partition coefficient (Wildman–Crippen LogP) is 1.56. The van der Waals surface area contributed by atoms with E-state index in [4.69, 9.17) is 0 Å². The molecular weight excluding hydrogens is 574 g/mol. The standard InChI is InChI=1S/C34H45N5O6/c1-19(2)36-31(43)28(40)25(14-22-12-13-35-29(22)41)37-30(42)26-15-23(20-8-4-3-5-9-20)18-39(26)32(44)27(21-10-6-7-11-21)38-33(45)34-16-24(34)17-34/h3-5,8-9,19,21-27H,6-7,10-18H2,1-2H3,(H,35,41)(H,36,43)(H,37,42)(H,38,45). The molecule has 1 aromatic rings. The first-order chi connectivity index (χ1) is 21.6. The van der Waals surface area contributed by atoms with Crippen molar-refractivity contribution < 1.29 is 28.8 Å². The third kappa shape index (κ3) is 6.49. The first kappa shape index (κ1) is 31.2. The van der Waals surface area contributed by atoms with Crippen molar-refractivity contribution in [3.63, 3.8) is 0 Å². The fraction of sp³-hybridized carbons (Fsp3) is 0.647. The number of carbonyl (C=O) groups is 6. The van der Waals surface area contributed by atoms with Gasteiger partial charge in [-0.1, -0.05) is 43.2 Å². The van der Waals surface area contributed by atoms with Crippen LogP contribution in [-0.4, -0.2) is 77.5 Å². The molecule has 11 nitrogen and oxygen atoms in total. The molecule has 45 heavy (non-hydrogen) atoms. The highest BCUT2D eigenvalue weighted by Gasteiger charge is 2.74. The Labute approximate surface area is 264 Å². The van der Waals surface area contributed by atoms with E-state index in [9.17, 15) is 28.8 Å². The number of rotatable bonds is 12. The molecule has 0 radical (unpaired) electrons. The summed E-state index contributed by atoms with van der Waals surface area (Å²) < 4.78 is 0. The van der Waals surface area contributed by atoms with Crippen LogP contribution in [0.25, 0.3) is 0 Å². The molecule has 2 aliphatic heterocycles. The van der Waals surface area contributed by atoms with Crippen molar-refractivity contribution in [3.05, 3.63) is 35.9 Å². The molecular formula is C34H45N5O6. The molecule has 2 saturated heterocycles. The maximum absolute atomic E-state index is 14.4. The molecule has 0 bridgehead atoms. The van der Waals surface area contributed by atoms with E-state index in [1.807, 2.05) is 30.3 Å². The number of carbonyl (C=O) groups excluding carboxylic acids is 6. The number of hydrogen-bond donors (Lipinski definition) is 4. The van der Waals surface area contributed by atoms with Gasteiger partial charge in [-0.15, -0.1) is 0 Å². The largest absolute Gasteiger partial charge is 0.356 e. The van der Waals surface area contributed by atoms with E-state index in [2.05, 4.69) is 21.3 Å². The van der Waals surface area contributed by atoms with Crippen molar-refractivity contribution in [2.24, 2.45) is 23.2 Å². The van der Waals surface area contributed by atoms with Gasteiger partial charge >= 0.3 is 0 Å². The highest BCUT2D eigenvalue weighted by atomic mass is 16.2. The van der Waals surface area contributed by atoms with Crippen LogP contribution >= 0.6 is 0 Å². The van der Waals surface area contributed by atoms with Gasteiger partial charge in [0.2, 0.25) is 29.4 Å². The second-order valence-electron chi connectivity index (χ2n) is 14.2. The third-order valence-electron chi connectivity index (χ3n) is 10.7. The average molecular weight is 620 g/mol. The number of likely N-dealkylation sites (tertiary alicyclic amines) is 1. The third-order valence-corrected chi connectivity index (χ3v) is 10.7. The number of hydrogen-bond acceptors (Lipinski definition) is 6. The second kappa shape index (κ2) is 12.6. The Kier molecular flexibility index (Phi) is 8.72. The van der Waals surface area contributed by atoms with Crippen molar-refractivity contribution in [1.29, 1.82) is 0 Å². The fourth-order valence-electron chi connectivity index (χ4n) is 7.65. The Hall–Kier alpha value is -3.76. The quantitative estimate of drug-likeness (QED) is 0.261.